The number of hydrogen-bond donors (Lipinski definition) is 1. The van der Waals surface area contributed by atoms with Crippen LogP contribution in [0.2, 0.25) is 0 Å². The smallest absolute Gasteiger partial charge is 0.308 e. The average molecular weight is 219 g/mol. The third kappa shape index (κ3) is 4.41. The van der Waals surface area contributed by atoms with Gasteiger partial charge in [-0.1, -0.05) is 12.1 Å². The lowest BCUT2D eigenvalue weighted by molar-refractivity contribution is -0.131. The maximum atomic E-state index is 10.7. The third-order valence-corrected chi connectivity index (χ3v) is 1.70. The van der Waals surface area contributed by atoms with Crippen molar-refractivity contribution in [2.75, 3.05) is 0 Å². The Morgan fingerprint density at radius 3 is 2.31 bits per heavy atom. The van der Waals surface area contributed by atoms with Gasteiger partial charge in [-0.25, -0.2) is 0 Å². The standard InChI is InChI=1S/C12H13NO3/c1-9(14)13-8-7-11-3-5-12(6-4-11)16-10(2)15/h3-8H,1-2H3,(H,13,14). The Bertz CT molecular complexity index is 407. The van der Waals surface area contributed by atoms with Gasteiger partial charge in [0.25, 0.3) is 0 Å². The lowest BCUT2D eigenvalue weighted by Crippen LogP contribution is -2.10. The van der Waals surface area contributed by atoms with Crippen LogP contribution in [0.5, 0.6) is 5.75 Å². The van der Waals surface area contributed by atoms with Crippen LogP contribution < -0.4 is 10.1 Å². The molecule has 1 N–H and O–H groups in total. The van der Waals surface area contributed by atoms with Gasteiger partial charge in [0.1, 0.15) is 5.75 Å². The van der Waals surface area contributed by atoms with Gasteiger partial charge in [-0.05, 0) is 23.8 Å². The summed E-state index contributed by atoms with van der Waals surface area (Å²) in [6.45, 7) is 2.79. The van der Waals surface area contributed by atoms with E-state index in [1.807, 2.05) is 0 Å². The summed E-state index contributed by atoms with van der Waals surface area (Å²) in [6, 6.07) is 6.96. The summed E-state index contributed by atoms with van der Waals surface area (Å²) < 4.78 is 4.88. The van der Waals surface area contributed by atoms with E-state index in [1.165, 1.54) is 13.8 Å². The normalized spacial score (nSPS) is 10.1. The summed E-state index contributed by atoms with van der Waals surface area (Å²) >= 11 is 0. The van der Waals surface area contributed by atoms with Gasteiger partial charge in [0.05, 0.1) is 0 Å². The molecule has 1 amide bonds. The van der Waals surface area contributed by atoms with Crippen LogP contribution in [0.1, 0.15) is 19.4 Å². The van der Waals surface area contributed by atoms with E-state index in [-0.39, 0.29) is 11.9 Å². The van der Waals surface area contributed by atoms with Crippen molar-refractivity contribution < 1.29 is 14.3 Å². The first-order valence-corrected chi connectivity index (χ1v) is 4.80. The first-order chi connectivity index (χ1) is 7.58. The van der Waals surface area contributed by atoms with Crippen molar-refractivity contribution in [1.29, 1.82) is 0 Å². The summed E-state index contributed by atoms with van der Waals surface area (Å²) in [6.07, 6.45) is 3.31. The number of hydrogen-bond acceptors (Lipinski definition) is 3. The highest BCUT2D eigenvalue weighted by atomic mass is 16.5. The number of carbonyl (C=O) groups is 2. The molecule has 0 radical (unpaired) electrons. The molecule has 1 aromatic carbocycles. The second-order valence-corrected chi connectivity index (χ2v) is 3.20. The fourth-order valence-corrected chi connectivity index (χ4v) is 1.07. The van der Waals surface area contributed by atoms with Crippen molar-refractivity contribution in [2.45, 2.75) is 13.8 Å². The Hall–Kier alpha value is -2.10. The van der Waals surface area contributed by atoms with Gasteiger partial charge < -0.3 is 10.1 Å². The predicted molar refractivity (Wildman–Crippen MR) is 60.6 cm³/mol. The summed E-state index contributed by atoms with van der Waals surface area (Å²) in [4.78, 5) is 21.3. The zero-order chi connectivity index (χ0) is 12.0. The quantitative estimate of drug-likeness (QED) is 0.622. The number of benzene rings is 1. The SMILES string of the molecule is CC(=O)NC=Cc1ccc(OC(C)=O)cc1. The summed E-state index contributed by atoms with van der Waals surface area (Å²) in [5, 5.41) is 2.54. The molecule has 0 heterocycles. The van der Waals surface area contributed by atoms with Gasteiger partial charge in [-0.15, -0.1) is 0 Å². The molecule has 4 nitrogen and oxygen atoms in total. The maximum absolute atomic E-state index is 10.7. The van der Waals surface area contributed by atoms with Crippen molar-refractivity contribution in [2.24, 2.45) is 0 Å². The van der Waals surface area contributed by atoms with Gasteiger partial charge in [0.2, 0.25) is 5.91 Å². The van der Waals surface area contributed by atoms with E-state index in [9.17, 15) is 9.59 Å². The number of carbonyl (C=O) groups excluding carboxylic acids is 2. The Kier molecular flexibility index (Phi) is 4.27. The highest BCUT2D eigenvalue weighted by Crippen LogP contribution is 2.12. The van der Waals surface area contributed by atoms with Crippen molar-refractivity contribution in [3.05, 3.63) is 36.0 Å². The summed E-state index contributed by atoms with van der Waals surface area (Å²) in [5.41, 5.74) is 0.907. The van der Waals surface area contributed by atoms with Gasteiger partial charge in [0.15, 0.2) is 0 Å². The molecule has 4 heteroatoms. The molecule has 1 rings (SSSR count). The Morgan fingerprint density at radius 1 is 1.19 bits per heavy atom. The van der Waals surface area contributed by atoms with E-state index < -0.39 is 0 Å². The first kappa shape index (κ1) is 12.0. The average Bonchev–Trinajstić information content (AvgIpc) is 2.19. The lowest BCUT2D eigenvalue weighted by atomic mass is 10.2. The van der Waals surface area contributed by atoms with Crippen LogP contribution in [0.4, 0.5) is 0 Å². The van der Waals surface area contributed by atoms with Crippen LogP contribution in [-0.4, -0.2) is 11.9 Å². The van der Waals surface area contributed by atoms with Crippen molar-refractivity contribution >= 4 is 18.0 Å². The zero-order valence-corrected chi connectivity index (χ0v) is 9.19. The molecular weight excluding hydrogens is 206 g/mol. The monoisotopic (exact) mass is 219 g/mol. The number of esters is 1. The van der Waals surface area contributed by atoms with Crippen molar-refractivity contribution in [3.8, 4) is 5.75 Å². The number of rotatable bonds is 3. The molecule has 0 aliphatic rings. The molecule has 0 aliphatic carbocycles. The number of nitrogens with one attached hydrogen (secondary N) is 1. The van der Waals surface area contributed by atoms with Gasteiger partial charge in [-0.2, -0.15) is 0 Å². The van der Waals surface area contributed by atoms with E-state index in [0.29, 0.717) is 5.75 Å². The van der Waals surface area contributed by atoms with Gasteiger partial charge in [0, 0.05) is 20.0 Å². The molecule has 0 fully saturated rings. The van der Waals surface area contributed by atoms with Crippen LogP contribution in [0.15, 0.2) is 30.5 Å². The lowest BCUT2D eigenvalue weighted by Gasteiger charge is -2.00. The second kappa shape index (κ2) is 5.70. The minimum atomic E-state index is -0.346. The van der Waals surface area contributed by atoms with E-state index in [4.69, 9.17) is 4.74 Å². The second-order valence-electron chi connectivity index (χ2n) is 3.20. The minimum absolute atomic E-state index is 0.118. The highest BCUT2D eigenvalue weighted by Gasteiger charge is 1.96. The molecule has 0 atom stereocenters. The van der Waals surface area contributed by atoms with Crippen LogP contribution >= 0.6 is 0 Å². The number of amides is 1. The molecule has 0 aliphatic heterocycles. The van der Waals surface area contributed by atoms with Crippen molar-refractivity contribution in [1.82, 2.24) is 5.32 Å². The van der Waals surface area contributed by atoms with Crippen LogP contribution in [-0.2, 0) is 9.59 Å². The molecule has 0 bridgehead atoms. The third-order valence-electron chi connectivity index (χ3n) is 1.70. The van der Waals surface area contributed by atoms with Crippen LogP contribution in [0.25, 0.3) is 6.08 Å². The van der Waals surface area contributed by atoms with Crippen molar-refractivity contribution in [3.63, 3.8) is 0 Å². The predicted octanol–water partition coefficient (Wildman–Crippen LogP) is 1.72. The molecule has 0 unspecified atom stereocenters. The molecule has 0 spiro atoms. The Labute approximate surface area is 93.9 Å². The Morgan fingerprint density at radius 2 is 1.81 bits per heavy atom. The molecule has 84 valence electrons. The highest BCUT2D eigenvalue weighted by molar-refractivity contribution is 5.75. The fraction of sp³-hybridized carbons (Fsp3) is 0.167. The molecule has 16 heavy (non-hydrogen) atoms. The summed E-state index contributed by atoms with van der Waals surface area (Å²) in [7, 11) is 0. The first-order valence-electron chi connectivity index (χ1n) is 4.80. The maximum Gasteiger partial charge on any atom is 0.308 e. The topological polar surface area (TPSA) is 55.4 Å². The van der Waals surface area contributed by atoms with Crippen LogP contribution in [0.3, 0.4) is 0 Å². The van der Waals surface area contributed by atoms with E-state index in [1.54, 1.807) is 36.5 Å². The minimum Gasteiger partial charge on any atom is -0.427 e. The summed E-state index contributed by atoms with van der Waals surface area (Å²) in [5.74, 6) is 0.0403. The van der Waals surface area contributed by atoms with E-state index in [0.717, 1.165) is 5.56 Å². The fourth-order valence-electron chi connectivity index (χ4n) is 1.07. The molecule has 0 saturated carbocycles. The molecule has 1 aromatic rings. The van der Waals surface area contributed by atoms with E-state index in [2.05, 4.69) is 5.32 Å². The molecule has 0 saturated heterocycles. The number of ether oxygens (including phenoxy) is 1. The molecule has 0 aromatic heterocycles. The largest absolute Gasteiger partial charge is 0.427 e. The Balaban J connectivity index is 2.60. The van der Waals surface area contributed by atoms with Gasteiger partial charge in [-0.3, -0.25) is 9.59 Å². The van der Waals surface area contributed by atoms with Crippen LogP contribution in [0, 0.1) is 0 Å². The zero-order valence-electron chi connectivity index (χ0n) is 9.19. The molecular formula is C12H13NO3. The van der Waals surface area contributed by atoms with E-state index >= 15 is 0 Å². The van der Waals surface area contributed by atoms with Gasteiger partial charge >= 0.3 is 5.97 Å².